The van der Waals surface area contributed by atoms with E-state index in [1.165, 1.54) is 31.9 Å². The van der Waals surface area contributed by atoms with E-state index in [-0.39, 0.29) is 4.92 Å². The second-order valence-electron chi connectivity index (χ2n) is 4.29. The van der Waals surface area contributed by atoms with Gasteiger partial charge in [0.05, 0.1) is 4.92 Å². The number of rotatable bonds is 1. The quantitative estimate of drug-likeness (QED) is 0.461. The third-order valence-corrected chi connectivity index (χ3v) is 3.40. The van der Waals surface area contributed by atoms with Gasteiger partial charge in [0.15, 0.2) is 0 Å². The second kappa shape index (κ2) is 3.48. The Hall–Kier alpha value is -0.860. The average Bonchev–Trinajstić information content (AvgIpc) is 2.44. The molecule has 2 aliphatic rings. The Morgan fingerprint density at radius 1 is 1.23 bits per heavy atom. The zero-order valence-corrected chi connectivity index (χ0v) is 7.74. The lowest BCUT2D eigenvalue weighted by Gasteiger charge is -2.23. The van der Waals surface area contributed by atoms with Crippen LogP contribution in [-0.4, -0.2) is 4.92 Å². The predicted octanol–water partition coefficient (Wildman–Crippen LogP) is 2.75. The summed E-state index contributed by atoms with van der Waals surface area (Å²) in [6.45, 7) is 0. The van der Waals surface area contributed by atoms with Crippen molar-refractivity contribution < 1.29 is 4.92 Å². The first kappa shape index (κ1) is 8.73. The molecule has 0 bridgehead atoms. The lowest BCUT2D eigenvalue weighted by molar-refractivity contribution is -0.403. The molecule has 0 aromatic carbocycles. The van der Waals surface area contributed by atoms with Crippen LogP contribution in [0.5, 0.6) is 0 Å². The Balaban J connectivity index is 2.02. The largest absolute Gasteiger partial charge is 0.259 e. The van der Waals surface area contributed by atoms with E-state index >= 15 is 0 Å². The molecule has 0 heterocycles. The minimum absolute atomic E-state index is 0.299. The lowest BCUT2D eigenvalue weighted by Crippen LogP contribution is -2.12. The molecule has 0 aromatic rings. The molecule has 2 rings (SSSR count). The van der Waals surface area contributed by atoms with Crippen molar-refractivity contribution in [1.82, 2.24) is 0 Å². The van der Waals surface area contributed by atoms with Gasteiger partial charge >= 0.3 is 0 Å². The third kappa shape index (κ3) is 1.90. The van der Waals surface area contributed by atoms with Crippen LogP contribution in [0, 0.1) is 22.0 Å². The fourth-order valence-electron chi connectivity index (χ4n) is 2.83. The standard InChI is InChI=1S/C10H15NO2/c12-11(13)7-8-5-9-3-1-2-4-10(9)6-8/h7,9-10H,1-6H2. The maximum atomic E-state index is 10.3. The molecule has 0 saturated heterocycles. The van der Waals surface area contributed by atoms with Crippen LogP contribution in [0.4, 0.5) is 0 Å². The summed E-state index contributed by atoms with van der Waals surface area (Å²) in [4.78, 5) is 9.99. The van der Waals surface area contributed by atoms with E-state index in [2.05, 4.69) is 0 Å². The van der Waals surface area contributed by atoms with Crippen LogP contribution in [0.25, 0.3) is 0 Å². The first-order valence-corrected chi connectivity index (χ1v) is 5.09. The molecule has 0 amide bonds. The van der Waals surface area contributed by atoms with E-state index in [0.29, 0.717) is 0 Å². The summed E-state index contributed by atoms with van der Waals surface area (Å²) >= 11 is 0. The van der Waals surface area contributed by atoms with Gasteiger partial charge < -0.3 is 0 Å². The van der Waals surface area contributed by atoms with Crippen LogP contribution in [0.15, 0.2) is 11.8 Å². The Kier molecular flexibility index (Phi) is 2.34. The second-order valence-corrected chi connectivity index (χ2v) is 4.29. The van der Waals surface area contributed by atoms with Crippen LogP contribution in [0.3, 0.4) is 0 Å². The number of nitro groups is 1. The van der Waals surface area contributed by atoms with Gasteiger partial charge in [-0.15, -0.1) is 0 Å². The van der Waals surface area contributed by atoms with Gasteiger partial charge in [0.1, 0.15) is 0 Å². The number of hydrogen-bond acceptors (Lipinski definition) is 2. The zero-order chi connectivity index (χ0) is 9.26. The smallest absolute Gasteiger partial charge is 0.233 e. The molecule has 0 aliphatic heterocycles. The van der Waals surface area contributed by atoms with Gasteiger partial charge in [-0.3, -0.25) is 10.1 Å². The van der Waals surface area contributed by atoms with Crippen molar-refractivity contribution in [3.8, 4) is 0 Å². The minimum Gasteiger partial charge on any atom is -0.259 e. The van der Waals surface area contributed by atoms with Gasteiger partial charge in [-0.25, -0.2) is 0 Å². The molecular weight excluding hydrogens is 166 g/mol. The van der Waals surface area contributed by atoms with E-state index in [9.17, 15) is 10.1 Å². The van der Waals surface area contributed by atoms with Crippen LogP contribution >= 0.6 is 0 Å². The highest BCUT2D eigenvalue weighted by atomic mass is 16.6. The molecule has 2 atom stereocenters. The van der Waals surface area contributed by atoms with Gasteiger partial charge in [0, 0.05) is 5.57 Å². The van der Waals surface area contributed by atoms with Crippen LogP contribution in [-0.2, 0) is 0 Å². The van der Waals surface area contributed by atoms with Crippen LogP contribution < -0.4 is 0 Å². The van der Waals surface area contributed by atoms with Crippen LogP contribution in [0.2, 0.25) is 0 Å². The Labute approximate surface area is 78.0 Å². The molecule has 2 unspecified atom stereocenters. The number of fused-ring (bicyclic) bond motifs is 1. The van der Waals surface area contributed by atoms with Gasteiger partial charge in [-0.2, -0.15) is 0 Å². The first-order chi connectivity index (χ1) is 6.25. The number of hydrogen-bond donors (Lipinski definition) is 0. The Bertz CT molecular complexity index is 231. The molecule has 3 heteroatoms. The molecule has 2 saturated carbocycles. The first-order valence-electron chi connectivity index (χ1n) is 5.09. The Morgan fingerprint density at radius 2 is 1.77 bits per heavy atom. The third-order valence-electron chi connectivity index (χ3n) is 3.40. The van der Waals surface area contributed by atoms with Gasteiger partial charge in [0.25, 0.3) is 0 Å². The van der Waals surface area contributed by atoms with E-state index in [4.69, 9.17) is 0 Å². The summed E-state index contributed by atoms with van der Waals surface area (Å²) < 4.78 is 0. The van der Waals surface area contributed by atoms with Crippen molar-refractivity contribution >= 4 is 0 Å². The van der Waals surface area contributed by atoms with Crippen molar-refractivity contribution in [2.75, 3.05) is 0 Å². The highest BCUT2D eigenvalue weighted by Gasteiger charge is 2.33. The van der Waals surface area contributed by atoms with Crippen molar-refractivity contribution in [2.24, 2.45) is 11.8 Å². The molecule has 72 valence electrons. The van der Waals surface area contributed by atoms with E-state index in [1.807, 2.05) is 0 Å². The van der Waals surface area contributed by atoms with Gasteiger partial charge in [-0.1, -0.05) is 12.8 Å². The fourth-order valence-corrected chi connectivity index (χ4v) is 2.83. The van der Waals surface area contributed by atoms with E-state index in [0.717, 1.165) is 30.3 Å². The molecule has 0 spiro atoms. The van der Waals surface area contributed by atoms with E-state index < -0.39 is 0 Å². The van der Waals surface area contributed by atoms with Crippen molar-refractivity contribution in [3.05, 3.63) is 21.9 Å². The molecule has 0 radical (unpaired) electrons. The summed E-state index contributed by atoms with van der Waals surface area (Å²) in [6.07, 6.45) is 8.45. The number of nitrogens with zero attached hydrogens (tertiary/aromatic N) is 1. The highest BCUT2D eigenvalue weighted by molar-refractivity contribution is 5.08. The maximum absolute atomic E-state index is 10.3. The molecule has 2 fully saturated rings. The monoisotopic (exact) mass is 181 g/mol. The lowest BCUT2D eigenvalue weighted by atomic mass is 9.82. The SMILES string of the molecule is O=[N+]([O-])C=C1CC2CCCCC2C1. The Morgan fingerprint density at radius 3 is 2.23 bits per heavy atom. The topological polar surface area (TPSA) is 43.1 Å². The summed E-state index contributed by atoms with van der Waals surface area (Å²) in [5, 5.41) is 10.3. The number of allylic oxidation sites excluding steroid dienone is 1. The summed E-state index contributed by atoms with van der Waals surface area (Å²) in [5.41, 5.74) is 1.07. The predicted molar refractivity (Wildman–Crippen MR) is 49.8 cm³/mol. The highest BCUT2D eigenvalue weighted by Crippen LogP contribution is 2.44. The summed E-state index contributed by atoms with van der Waals surface area (Å²) in [5.74, 6) is 1.53. The normalized spacial score (nSPS) is 32.8. The molecule has 13 heavy (non-hydrogen) atoms. The average molecular weight is 181 g/mol. The van der Waals surface area contributed by atoms with Gasteiger partial charge in [-0.05, 0) is 37.5 Å². The maximum Gasteiger partial charge on any atom is 0.233 e. The van der Waals surface area contributed by atoms with Crippen molar-refractivity contribution in [3.63, 3.8) is 0 Å². The van der Waals surface area contributed by atoms with Gasteiger partial charge in [0.2, 0.25) is 6.20 Å². The van der Waals surface area contributed by atoms with Crippen molar-refractivity contribution in [1.29, 1.82) is 0 Å². The zero-order valence-electron chi connectivity index (χ0n) is 7.74. The molecule has 2 aliphatic carbocycles. The van der Waals surface area contributed by atoms with Crippen molar-refractivity contribution in [2.45, 2.75) is 38.5 Å². The minimum atomic E-state index is -0.299. The molecular formula is C10H15NO2. The van der Waals surface area contributed by atoms with E-state index in [1.54, 1.807) is 0 Å². The summed E-state index contributed by atoms with van der Waals surface area (Å²) in [6, 6.07) is 0. The van der Waals surface area contributed by atoms with Crippen LogP contribution in [0.1, 0.15) is 38.5 Å². The fraction of sp³-hybridized carbons (Fsp3) is 0.800. The molecule has 3 nitrogen and oxygen atoms in total. The summed E-state index contributed by atoms with van der Waals surface area (Å²) in [7, 11) is 0. The molecule has 0 aromatic heterocycles. The molecule has 0 N–H and O–H groups in total.